The highest BCUT2D eigenvalue weighted by molar-refractivity contribution is 5.83. The van der Waals surface area contributed by atoms with E-state index in [0.717, 1.165) is 51.0 Å². The van der Waals surface area contributed by atoms with Gasteiger partial charge < -0.3 is 30.5 Å². The topological polar surface area (TPSA) is 124 Å². The molecule has 1 aromatic carbocycles. The summed E-state index contributed by atoms with van der Waals surface area (Å²) >= 11 is 0. The molecule has 36 heavy (non-hydrogen) atoms. The zero-order valence-electron chi connectivity index (χ0n) is 21.5. The van der Waals surface area contributed by atoms with Crippen LogP contribution < -0.4 is 21.1 Å². The first-order chi connectivity index (χ1) is 17.2. The van der Waals surface area contributed by atoms with Gasteiger partial charge in [0.2, 0.25) is 5.91 Å². The van der Waals surface area contributed by atoms with E-state index < -0.39 is 11.9 Å². The second-order valence-corrected chi connectivity index (χ2v) is 10.4. The fourth-order valence-corrected chi connectivity index (χ4v) is 5.08. The normalized spacial score (nSPS) is 20.7. The number of rotatable bonds is 9. The molecule has 1 aromatic heterocycles. The summed E-state index contributed by atoms with van der Waals surface area (Å²) in [5, 5.41) is 4.06. The SMILES string of the molecule is CC(C)c1noc(N2CCC([C@H](C)CCOc3ccc([C@H](N)C(=O)N4CCC[C@H]4N)c(F)c3)CC2)n1. The molecule has 0 unspecified atom stereocenters. The third-order valence-corrected chi connectivity index (χ3v) is 7.56. The third-order valence-electron chi connectivity index (χ3n) is 7.56. The molecular weight excluding hydrogens is 463 g/mol. The summed E-state index contributed by atoms with van der Waals surface area (Å²) in [7, 11) is 0. The van der Waals surface area contributed by atoms with Crippen LogP contribution in [0, 0.1) is 17.7 Å². The molecule has 2 aliphatic heterocycles. The fraction of sp³-hybridized carbons (Fsp3) is 0.654. The first-order valence-electron chi connectivity index (χ1n) is 13.1. The lowest BCUT2D eigenvalue weighted by Crippen LogP contribution is -2.45. The van der Waals surface area contributed by atoms with E-state index in [9.17, 15) is 9.18 Å². The third kappa shape index (κ3) is 5.98. The van der Waals surface area contributed by atoms with Crippen molar-refractivity contribution >= 4 is 11.9 Å². The average Bonchev–Trinajstić information content (AvgIpc) is 3.53. The van der Waals surface area contributed by atoms with Gasteiger partial charge >= 0.3 is 6.01 Å². The molecule has 2 aliphatic rings. The number of likely N-dealkylation sites (tertiary alicyclic amines) is 1. The van der Waals surface area contributed by atoms with E-state index in [1.54, 1.807) is 6.07 Å². The van der Waals surface area contributed by atoms with E-state index in [1.807, 2.05) is 0 Å². The summed E-state index contributed by atoms with van der Waals surface area (Å²) < 4.78 is 26.0. The summed E-state index contributed by atoms with van der Waals surface area (Å²) in [6.07, 6.45) is 4.21. The van der Waals surface area contributed by atoms with Crippen molar-refractivity contribution in [2.45, 2.75) is 71.0 Å². The van der Waals surface area contributed by atoms with Gasteiger partial charge in [-0.15, -0.1) is 0 Å². The molecule has 2 saturated heterocycles. The molecule has 3 atom stereocenters. The van der Waals surface area contributed by atoms with Crippen LogP contribution in [0.3, 0.4) is 0 Å². The molecule has 4 rings (SSSR count). The Bertz CT molecular complexity index is 1020. The van der Waals surface area contributed by atoms with Crippen LogP contribution in [0.1, 0.15) is 76.2 Å². The predicted molar refractivity (Wildman–Crippen MR) is 135 cm³/mol. The van der Waals surface area contributed by atoms with Gasteiger partial charge in [0.25, 0.3) is 0 Å². The number of halogens is 1. The maximum atomic E-state index is 14.8. The number of nitrogens with two attached hydrogens (primary N) is 2. The van der Waals surface area contributed by atoms with Gasteiger partial charge in [0.15, 0.2) is 5.82 Å². The number of piperidine rings is 1. The Balaban J connectivity index is 1.22. The quantitative estimate of drug-likeness (QED) is 0.533. The van der Waals surface area contributed by atoms with Gasteiger partial charge in [0.05, 0.1) is 12.8 Å². The highest BCUT2D eigenvalue weighted by Gasteiger charge is 2.31. The minimum atomic E-state index is -1.07. The molecule has 10 heteroatoms. The van der Waals surface area contributed by atoms with E-state index in [1.165, 1.54) is 17.0 Å². The highest BCUT2D eigenvalue weighted by Crippen LogP contribution is 2.30. The Labute approximate surface area is 212 Å². The Hall–Kier alpha value is -2.72. The van der Waals surface area contributed by atoms with Crippen LogP contribution in [0.25, 0.3) is 0 Å². The van der Waals surface area contributed by atoms with Crippen molar-refractivity contribution in [1.29, 1.82) is 0 Å². The number of amides is 1. The van der Waals surface area contributed by atoms with Gasteiger partial charge in [-0.2, -0.15) is 4.98 Å². The number of carbonyl (C=O) groups excluding carboxylic acids is 1. The van der Waals surface area contributed by atoms with Crippen molar-refractivity contribution in [2.75, 3.05) is 31.1 Å². The molecule has 9 nitrogen and oxygen atoms in total. The molecular formula is C26H39FN6O3. The predicted octanol–water partition coefficient (Wildman–Crippen LogP) is 3.56. The first-order valence-corrected chi connectivity index (χ1v) is 13.1. The van der Waals surface area contributed by atoms with Gasteiger partial charge in [-0.05, 0) is 50.0 Å². The summed E-state index contributed by atoms with van der Waals surface area (Å²) in [6, 6.07) is 4.07. The van der Waals surface area contributed by atoms with E-state index in [-0.39, 0.29) is 23.6 Å². The lowest BCUT2D eigenvalue weighted by molar-refractivity contribution is -0.133. The molecule has 0 saturated carbocycles. The molecule has 3 heterocycles. The molecule has 0 radical (unpaired) electrons. The van der Waals surface area contributed by atoms with E-state index in [0.29, 0.717) is 36.8 Å². The zero-order chi connectivity index (χ0) is 25.8. The maximum absolute atomic E-state index is 14.8. The molecule has 4 N–H and O–H groups in total. The monoisotopic (exact) mass is 502 g/mol. The highest BCUT2D eigenvalue weighted by atomic mass is 19.1. The second kappa shape index (κ2) is 11.6. The molecule has 2 fully saturated rings. The molecule has 198 valence electrons. The second-order valence-electron chi connectivity index (χ2n) is 10.4. The molecule has 2 aromatic rings. The number of anilines is 1. The van der Waals surface area contributed by atoms with Crippen LogP contribution in [0.5, 0.6) is 5.75 Å². The Morgan fingerprint density at radius 2 is 1.97 bits per heavy atom. The van der Waals surface area contributed by atoms with Gasteiger partial charge in [-0.1, -0.05) is 32.0 Å². The van der Waals surface area contributed by atoms with Crippen LogP contribution >= 0.6 is 0 Å². The van der Waals surface area contributed by atoms with Crippen molar-refractivity contribution in [3.63, 3.8) is 0 Å². The van der Waals surface area contributed by atoms with Crippen molar-refractivity contribution in [2.24, 2.45) is 23.3 Å². The minimum Gasteiger partial charge on any atom is -0.493 e. The summed E-state index contributed by atoms with van der Waals surface area (Å²) in [5.41, 5.74) is 12.2. The van der Waals surface area contributed by atoms with Crippen molar-refractivity contribution in [3.05, 3.63) is 35.4 Å². The Morgan fingerprint density at radius 3 is 2.58 bits per heavy atom. The van der Waals surface area contributed by atoms with Gasteiger partial charge in [0, 0.05) is 37.2 Å². The Kier molecular flexibility index (Phi) is 8.46. The van der Waals surface area contributed by atoms with Crippen LogP contribution in [0.2, 0.25) is 0 Å². The summed E-state index contributed by atoms with van der Waals surface area (Å²) in [4.78, 5) is 20.8. The average molecular weight is 503 g/mol. The number of aromatic nitrogens is 2. The van der Waals surface area contributed by atoms with Gasteiger partial charge in [-0.25, -0.2) is 4.39 Å². The van der Waals surface area contributed by atoms with E-state index >= 15 is 0 Å². The number of benzene rings is 1. The van der Waals surface area contributed by atoms with E-state index in [4.69, 9.17) is 20.7 Å². The number of hydrogen-bond acceptors (Lipinski definition) is 8. The molecule has 0 bridgehead atoms. The van der Waals surface area contributed by atoms with Crippen molar-refractivity contribution in [1.82, 2.24) is 15.0 Å². The smallest absolute Gasteiger partial charge is 0.324 e. The first kappa shape index (κ1) is 26.3. The number of ether oxygens (including phenoxy) is 1. The summed E-state index contributed by atoms with van der Waals surface area (Å²) in [5.74, 6) is 1.60. The van der Waals surface area contributed by atoms with Crippen LogP contribution in [0.15, 0.2) is 22.7 Å². The molecule has 1 amide bonds. The van der Waals surface area contributed by atoms with Crippen LogP contribution in [-0.2, 0) is 4.79 Å². The number of carbonyl (C=O) groups is 1. The minimum absolute atomic E-state index is 0.160. The van der Waals surface area contributed by atoms with Gasteiger partial charge in [-0.3, -0.25) is 4.79 Å². The largest absolute Gasteiger partial charge is 0.493 e. The zero-order valence-corrected chi connectivity index (χ0v) is 21.5. The van der Waals surface area contributed by atoms with Crippen molar-refractivity contribution < 1.29 is 18.4 Å². The molecule has 0 aliphatic carbocycles. The fourth-order valence-electron chi connectivity index (χ4n) is 5.08. The maximum Gasteiger partial charge on any atom is 0.324 e. The molecule has 0 spiro atoms. The van der Waals surface area contributed by atoms with E-state index in [2.05, 4.69) is 35.8 Å². The lowest BCUT2D eigenvalue weighted by Gasteiger charge is -2.33. The van der Waals surface area contributed by atoms with Crippen LogP contribution in [-0.4, -0.2) is 53.4 Å². The summed E-state index contributed by atoms with van der Waals surface area (Å²) in [6.45, 7) is 9.18. The number of nitrogens with zero attached hydrogens (tertiary/aromatic N) is 4. The standard InChI is InChI=1S/C26H39FN6O3/c1-16(2)24-30-26(36-31-24)32-12-8-18(9-13-32)17(3)10-14-35-19-6-7-20(21(27)15-19)23(29)25(34)33-11-4-5-22(33)28/h6-7,15-18,22-23H,4-5,8-14,28-29H2,1-3H3/t17-,22+,23+/m1/s1. The van der Waals surface area contributed by atoms with Crippen LogP contribution in [0.4, 0.5) is 10.4 Å². The number of hydrogen-bond donors (Lipinski definition) is 2. The van der Waals surface area contributed by atoms with Gasteiger partial charge in [0.1, 0.15) is 17.6 Å². The Morgan fingerprint density at radius 1 is 1.22 bits per heavy atom. The van der Waals surface area contributed by atoms with Crippen molar-refractivity contribution in [3.8, 4) is 5.75 Å². The lowest BCUT2D eigenvalue weighted by atomic mass is 9.84.